The Morgan fingerprint density at radius 3 is 2.56 bits per heavy atom. The molecule has 0 radical (unpaired) electrons. The quantitative estimate of drug-likeness (QED) is 0.570. The maximum absolute atomic E-state index is 5.88. The van der Waals surface area contributed by atoms with Gasteiger partial charge in [-0.15, -0.1) is 0 Å². The van der Waals surface area contributed by atoms with Crippen molar-refractivity contribution < 1.29 is 4.74 Å². The highest BCUT2D eigenvalue weighted by atomic mass is 16.5. The van der Waals surface area contributed by atoms with Gasteiger partial charge in [-0.2, -0.15) is 0 Å². The second-order valence-electron chi connectivity index (χ2n) is 5.38. The summed E-state index contributed by atoms with van der Waals surface area (Å²) in [6.07, 6.45) is 2.57. The average Bonchev–Trinajstić information content (AvgIpc) is 2.27. The molecule has 0 aromatic heterocycles. The molecule has 0 aliphatic heterocycles. The highest BCUT2D eigenvalue weighted by Crippen LogP contribution is 2.26. The molecular weight excluding hydrogens is 224 g/mol. The van der Waals surface area contributed by atoms with Gasteiger partial charge in [0.15, 0.2) is 0 Å². The first kappa shape index (κ1) is 14.7. The highest BCUT2D eigenvalue weighted by Gasteiger charge is 2.04. The molecule has 3 heteroatoms. The van der Waals surface area contributed by atoms with Crippen LogP contribution in [0.25, 0.3) is 0 Å². The molecule has 0 unspecified atom stereocenters. The molecule has 0 aliphatic carbocycles. The fourth-order valence-electron chi connectivity index (χ4n) is 1.74. The molecule has 3 N–H and O–H groups in total. The zero-order chi connectivity index (χ0) is 13.5. The van der Waals surface area contributed by atoms with E-state index in [0.717, 1.165) is 23.9 Å². The summed E-state index contributed by atoms with van der Waals surface area (Å²) >= 11 is 0. The maximum atomic E-state index is 5.88. The SMILES string of the molecule is CC(C)CCCNc1ccc(N)c(OC(C)C)c1. The molecular formula is C15H26N2O. The van der Waals surface area contributed by atoms with E-state index in [4.69, 9.17) is 10.5 Å². The van der Waals surface area contributed by atoms with Gasteiger partial charge < -0.3 is 15.8 Å². The standard InChI is InChI=1S/C15H26N2O/c1-11(2)6-5-9-17-13-7-8-14(16)15(10-13)18-12(3)4/h7-8,10-12,17H,5-6,9,16H2,1-4H3. The Morgan fingerprint density at radius 2 is 1.94 bits per heavy atom. The summed E-state index contributed by atoms with van der Waals surface area (Å²) in [5, 5.41) is 3.41. The van der Waals surface area contributed by atoms with Gasteiger partial charge in [-0.1, -0.05) is 13.8 Å². The molecule has 0 fully saturated rings. The summed E-state index contributed by atoms with van der Waals surface area (Å²) in [5.74, 6) is 1.52. The Balaban J connectivity index is 2.51. The third-order valence-electron chi connectivity index (χ3n) is 2.66. The molecule has 1 aromatic carbocycles. The van der Waals surface area contributed by atoms with Gasteiger partial charge in [-0.25, -0.2) is 0 Å². The topological polar surface area (TPSA) is 47.3 Å². The van der Waals surface area contributed by atoms with Gasteiger partial charge in [0, 0.05) is 18.3 Å². The van der Waals surface area contributed by atoms with Crippen molar-refractivity contribution in [3.8, 4) is 5.75 Å². The normalized spacial score (nSPS) is 11.0. The Hall–Kier alpha value is -1.38. The lowest BCUT2D eigenvalue weighted by atomic mass is 10.1. The van der Waals surface area contributed by atoms with E-state index >= 15 is 0 Å². The van der Waals surface area contributed by atoms with Gasteiger partial charge in [-0.05, 0) is 44.7 Å². The minimum Gasteiger partial charge on any atom is -0.489 e. The number of nitrogens with two attached hydrogens (primary N) is 1. The zero-order valence-electron chi connectivity index (χ0n) is 12.0. The summed E-state index contributed by atoms with van der Waals surface area (Å²) in [5.41, 5.74) is 7.64. The first-order chi connectivity index (χ1) is 8.49. The molecule has 0 saturated carbocycles. The number of hydrogen-bond acceptors (Lipinski definition) is 3. The molecule has 1 rings (SSSR count). The van der Waals surface area contributed by atoms with Crippen LogP contribution in [0.15, 0.2) is 18.2 Å². The maximum Gasteiger partial charge on any atom is 0.144 e. The lowest BCUT2D eigenvalue weighted by Crippen LogP contribution is -2.08. The molecule has 0 saturated heterocycles. The lowest BCUT2D eigenvalue weighted by molar-refractivity contribution is 0.244. The van der Waals surface area contributed by atoms with E-state index < -0.39 is 0 Å². The van der Waals surface area contributed by atoms with Crippen LogP contribution in [0, 0.1) is 5.92 Å². The van der Waals surface area contributed by atoms with Crippen LogP contribution in [0.5, 0.6) is 5.75 Å². The molecule has 0 bridgehead atoms. The van der Waals surface area contributed by atoms with Crippen molar-refractivity contribution in [3.05, 3.63) is 18.2 Å². The number of nitrogen functional groups attached to an aromatic ring is 1. The molecule has 0 atom stereocenters. The molecule has 0 heterocycles. The molecule has 0 spiro atoms. The predicted molar refractivity (Wildman–Crippen MR) is 79.2 cm³/mol. The first-order valence-electron chi connectivity index (χ1n) is 6.79. The van der Waals surface area contributed by atoms with Gasteiger partial charge in [0.1, 0.15) is 5.75 Å². The number of ether oxygens (including phenoxy) is 1. The van der Waals surface area contributed by atoms with E-state index in [1.165, 1.54) is 12.8 Å². The van der Waals surface area contributed by atoms with Crippen LogP contribution in [0.2, 0.25) is 0 Å². The zero-order valence-corrected chi connectivity index (χ0v) is 12.0. The Labute approximate surface area is 111 Å². The summed E-state index contributed by atoms with van der Waals surface area (Å²) in [7, 11) is 0. The Bertz CT molecular complexity index is 362. The van der Waals surface area contributed by atoms with Crippen LogP contribution in [-0.4, -0.2) is 12.6 Å². The highest BCUT2D eigenvalue weighted by molar-refractivity contribution is 5.61. The van der Waals surface area contributed by atoms with E-state index in [2.05, 4.69) is 19.2 Å². The van der Waals surface area contributed by atoms with Gasteiger partial charge in [0.2, 0.25) is 0 Å². The average molecular weight is 250 g/mol. The largest absolute Gasteiger partial charge is 0.489 e. The molecule has 3 nitrogen and oxygen atoms in total. The van der Waals surface area contributed by atoms with Gasteiger partial charge in [0.05, 0.1) is 11.8 Å². The van der Waals surface area contributed by atoms with Crippen LogP contribution in [0.1, 0.15) is 40.5 Å². The molecule has 18 heavy (non-hydrogen) atoms. The molecule has 102 valence electrons. The van der Waals surface area contributed by atoms with Crippen molar-refractivity contribution in [3.63, 3.8) is 0 Å². The Kier molecular flexibility index (Phi) is 5.83. The minimum absolute atomic E-state index is 0.142. The van der Waals surface area contributed by atoms with Crippen molar-refractivity contribution in [1.82, 2.24) is 0 Å². The smallest absolute Gasteiger partial charge is 0.144 e. The van der Waals surface area contributed by atoms with Crippen LogP contribution in [0.3, 0.4) is 0 Å². The van der Waals surface area contributed by atoms with Gasteiger partial charge in [-0.3, -0.25) is 0 Å². The molecule has 0 aliphatic rings. The lowest BCUT2D eigenvalue weighted by Gasteiger charge is -2.14. The summed E-state index contributed by atoms with van der Waals surface area (Å²) in [6, 6.07) is 5.87. The number of rotatable bonds is 7. The van der Waals surface area contributed by atoms with E-state index in [9.17, 15) is 0 Å². The fourth-order valence-corrected chi connectivity index (χ4v) is 1.74. The van der Waals surface area contributed by atoms with Crippen molar-refractivity contribution in [2.45, 2.75) is 46.6 Å². The van der Waals surface area contributed by atoms with Crippen LogP contribution in [0.4, 0.5) is 11.4 Å². The minimum atomic E-state index is 0.142. The van der Waals surface area contributed by atoms with Gasteiger partial charge >= 0.3 is 0 Å². The van der Waals surface area contributed by atoms with Crippen molar-refractivity contribution in [1.29, 1.82) is 0 Å². The van der Waals surface area contributed by atoms with Crippen molar-refractivity contribution in [2.75, 3.05) is 17.6 Å². The van der Waals surface area contributed by atoms with E-state index in [1.807, 2.05) is 32.0 Å². The molecule has 0 amide bonds. The van der Waals surface area contributed by atoms with E-state index in [-0.39, 0.29) is 6.10 Å². The van der Waals surface area contributed by atoms with Crippen molar-refractivity contribution in [2.24, 2.45) is 5.92 Å². The summed E-state index contributed by atoms with van der Waals surface area (Å²) in [6.45, 7) is 9.49. The number of hydrogen-bond donors (Lipinski definition) is 2. The number of benzene rings is 1. The third-order valence-corrected chi connectivity index (χ3v) is 2.66. The predicted octanol–water partition coefficient (Wildman–Crippen LogP) is 3.90. The fraction of sp³-hybridized carbons (Fsp3) is 0.600. The number of nitrogens with one attached hydrogen (secondary N) is 1. The van der Waals surface area contributed by atoms with E-state index in [1.54, 1.807) is 0 Å². The van der Waals surface area contributed by atoms with Crippen molar-refractivity contribution >= 4 is 11.4 Å². The third kappa shape index (κ3) is 5.30. The van der Waals surface area contributed by atoms with Gasteiger partial charge in [0.25, 0.3) is 0 Å². The van der Waals surface area contributed by atoms with Crippen LogP contribution >= 0.6 is 0 Å². The Morgan fingerprint density at radius 1 is 1.22 bits per heavy atom. The van der Waals surface area contributed by atoms with E-state index in [0.29, 0.717) is 5.69 Å². The summed E-state index contributed by atoms with van der Waals surface area (Å²) < 4.78 is 5.67. The summed E-state index contributed by atoms with van der Waals surface area (Å²) in [4.78, 5) is 0. The van der Waals surface area contributed by atoms with Crippen LogP contribution < -0.4 is 15.8 Å². The molecule has 1 aromatic rings. The first-order valence-corrected chi connectivity index (χ1v) is 6.79. The van der Waals surface area contributed by atoms with Crippen LogP contribution in [-0.2, 0) is 0 Å². The second kappa shape index (κ2) is 7.14. The monoisotopic (exact) mass is 250 g/mol. The second-order valence-corrected chi connectivity index (χ2v) is 5.38. The number of anilines is 2.